The molecule has 21 heavy (non-hydrogen) atoms. The lowest BCUT2D eigenvalue weighted by molar-refractivity contribution is 0.101. The Balaban J connectivity index is 1.94. The Morgan fingerprint density at radius 3 is 2.57 bits per heavy atom. The molecule has 0 aliphatic carbocycles. The fourth-order valence-electron chi connectivity index (χ4n) is 2.39. The van der Waals surface area contributed by atoms with Gasteiger partial charge in [0.15, 0.2) is 17.2 Å². The van der Waals surface area contributed by atoms with Crippen LogP contribution < -0.4 is 0 Å². The monoisotopic (exact) mass is 282 g/mol. The minimum atomic E-state index is -0.454. The van der Waals surface area contributed by atoms with Crippen molar-refractivity contribution in [2.75, 3.05) is 0 Å². The molecule has 0 N–H and O–H groups in total. The van der Waals surface area contributed by atoms with E-state index in [4.69, 9.17) is 4.42 Å². The quantitative estimate of drug-likeness (QED) is 0.646. The highest BCUT2D eigenvalue weighted by Gasteiger charge is 2.16. The minimum absolute atomic E-state index is 0.128. The van der Waals surface area contributed by atoms with E-state index < -0.39 is 5.82 Å². The van der Waals surface area contributed by atoms with Crippen molar-refractivity contribution >= 4 is 16.8 Å². The maximum Gasteiger partial charge on any atom is 0.228 e. The van der Waals surface area contributed by atoms with Crippen LogP contribution in [0.15, 0.2) is 52.9 Å². The van der Waals surface area contributed by atoms with E-state index in [1.807, 2.05) is 12.1 Å². The summed E-state index contributed by atoms with van der Waals surface area (Å²) in [6.45, 7) is 2.11. The highest BCUT2D eigenvalue weighted by molar-refractivity contribution is 6.09. The molecule has 0 aliphatic heterocycles. The lowest BCUT2D eigenvalue weighted by atomic mass is 10.0. The Hall–Kier alpha value is -2.42. The third kappa shape index (κ3) is 2.59. The van der Waals surface area contributed by atoms with E-state index in [2.05, 4.69) is 6.92 Å². The van der Waals surface area contributed by atoms with Crippen LogP contribution in [-0.4, -0.2) is 5.78 Å². The van der Waals surface area contributed by atoms with Gasteiger partial charge in [0.05, 0.1) is 0 Å². The lowest BCUT2D eigenvalue weighted by Gasteiger charge is -2.01. The van der Waals surface area contributed by atoms with Crippen molar-refractivity contribution in [3.63, 3.8) is 0 Å². The van der Waals surface area contributed by atoms with Gasteiger partial charge in [0, 0.05) is 10.9 Å². The van der Waals surface area contributed by atoms with Crippen molar-refractivity contribution < 1.29 is 13.6 Å². The highest BCUT2D eigenvalue weighted by atomic mass is 19.1. The first-order valence-corrected chi connectivity index (χ1v) is 7.00. The minimum Gasteiger partial charge on any atom is -0.449 e. The molecule has 0 fully saturated rings. The number of fused-ring (bicyclic) bond motifs is 1. The molecule has 0 spiro atoms. The molecular weight excluding hydrogens is 267 g/mol. The van der Waals surface area contributed by atoms with Gasteiger partial charge in [-0.3, -0.25) is 4.79 Å². The third-order valence-corrected chi connectivity index (χ3v) is 3.47. The summed E-state index contributed by atoms with van der Waals surface area (Å²) in [5.41, 5.74) is 1.88. The predicted octanol–water partition coefficient (Wildman–Crippen LogP) is 4.76. The molecule has 3 rings (SSSR count). The predicted molar refractivity (Wildman–Crippen MR) is 80.0 cm³/mol. The average molecular weight is 282 g/mol. The summed E-state index contributed by atoms with van der Waals surface area (Å²) in [4.78, 5) is 12.4. The third-order valence-electron chi connectivity index (χ3n) is 3.47. The normalized spacial score (nSPS) is 11.0. The molecule has 0 bridgehead atoms. The molecule has 0 radical (unpaired) electrons. The van der Waals surface area contributed by atoms with Gasteiger partial charge in [-0.2, -0.15) is 0 Å². The van der Waals surface area contributed by atoms with Gasteiger partial charge in [-0.15, -0.1) is 0 Å². The Morgan fingerprint density at radius 1 is 1.14 bits per heavy atom. The number of carbonyl (C=O) groups excluding carboxylic acids is 1. The van der Waals surface area contributed by atoms with Crippen LogP contribution in [0.3, 0.4) is 0 Å². The molecule has 1 heterocycles. The molecule has 0 saturated carbocycles. The SMILES string of the molecule is CCCc1ccc(C(=O)c2cc3cccc(F)c3o2)cc1. The number of aryl methyl sites for hydroxylation is 1. The van der Waals surface area contributed by atoms with E-state index in [0.717, 1.165) is 12.8 Å². The van der Waals surface area contributed by atoms with Crippen molar-refractivity contribution in [2.24, 2.45) is 0 Å². The van der Waals surface area contributed by atoms with Crippen molar-refractivity contribution in [3.05, 3.63) is 71.2 Å². The Bertz CT molecular complexity index is 785. The van der Waals surface area contributed by atoms with Crippen LogP contribution in [0.2, 0.25) is 0 Å². The maximum absolute atomic E-state index is 13.6. The molecule has 0 amide bonds. The molecule has 106 valence electrons. The van der Waals surface area contributed by atoms with Gasteiger partial charge < -0.3 is 4.42 Å². The van der Waals surface area contributed by atoms with E-state index in [-0.39, 0.29) is 17.1 Å². The van der Waals surface area contributed by atoms with E-state index in [0.29, 0.717) is 10.9 Å². The Labute approximate surface area is 122 Å². The lowest BCUT2D eigenvalue weighted by Crippen LogP contribution is -1.99. The number of rotatable bonds is 4. The molecule has 3 aromatic rings. The van der Waals surface area contributed by atoms with Gasteiger partial charge in [0.25, 0.3) is 0 Å². The van der Waals surface area contributed by atoms with Crippen molar-refractivity contribution in [2.45, 2.75) is 19.8 Å². The topological polar surface area (TPSA) is 30.2 Å². The van der Waals surface area contributed by atoms with Crippen LogP contribution >= 0.6 is 0 Å². The number of benzene rings is 2. The second kappa shape index (κ2) is 5.52. The molecule has 2 aromatic carbocycles. The summed E-state index contributed by atoms with van der Waals surface area (Å²) in [6, 6.07) is 13.7. The summed E-state index contributed by atoms with van der Waals surface area (Å²) in [6.07, 6.45) is 2.06. The van der Waals surface area contributed by atoms with Gasteiger partial charge in [-0.25, -0.2) is 4.39 Å². The van der Waals surface area contributed by atoms with Crippen LogP contribution in [0, 0.1) is 5.82 Å². The van der Waals surface area contributed by atoms with Crippen LogP contribution in [0.1, 0.15) is 35.0 Å². The maximum atomic E-state index is 13.6. The number of halogens is 1. The van der Waals surface area contributed by atoms with E-state index in [9.17, 15) is 9.18 Å². The molecule has 0 aliphatic rings. The van der Waals surface area contributed by atoms with Gasteiger partial charge in [-0.05, 0) is 24.1 Å². The smallest absolute Gasteiger partial charge is 0.228 e. The summed E-state index contributed by atoms with van der Waals surface area (Å²) in [7, 11) is 0. The van der Waals surface area contributed by atoms with Gasteiger partial charge in [-0.1, -0.05) is 49.7 Å². The van der Waals surface area contributed by atoms with Crippen LogP contribution in [0.4, 0.5) is 4.39 Å². The first kappa shape index (κ1) is 13.6. The Morgan fingerprint density at radius 2 is 1.90 bits per heavy atom. The van der Waals surface area contributed by atoms with E-state index in [1.54, 1.807) is 30.3 Å². The van der Waals surface area contributed by atoms with E-state index in [1.165, 1.54) is 11.6 Å². The number of hydrogen-bond acceptors (Lipinski definition) is 2. The molecule has 0 saturated heterocycles. The summed E-state index contributed by atoms with van der Waals surface area (Å²) in [5.74, 6) is -0.517. The van der Waals surface area contributed by atoms with E-state index >= 15 is 0 Å². The Kier molecular flexibility index (Phi) is 3.57. The summed E-state index contributed by atoms with van der Waals surface area (Å²) < 4.78 is 19.0. The van der Waals surface area contributed by atoms with Crippen molar-refractivity contribution in [3.8, 4) is 0 Å². The summed E-state index contributed by atoms with van der Waals surface area (Å²) >= 11 is 0. The standard InChI is InChI=1S/C18H15FO2/c1-2-4-12-7-9-13(10-8-12)17(20)16-11-14-5-3-6-15(19)18(14)21-16/h3,5-11H,2,4H2,1H3. The molecular formula is C18H15FO2. The average Bonchev–Trinajstić information content (AvgIpc) is 2.93. The fourth-order valence-corrected chi connectivity index (χ4v) is 2.39. The zero-order valence-electron chi connectivity index (χ0n) is 11.7. The zero-order chi connectivity index (χ0) is 14.8. The number of carbonyl (C=O) groups is 1. The fraction of sp³-hybridized carbons (Fsp3) is 0.167. The first-order chi connectivity index (χ1) is 10.2. The van der Waals surface area contributed by atoms with Crippen molar-refractivity contribution in [1.29, 1.82) is 0 Å². The largest absolute Gasteiger partial charge is 0.449 e. The molecule has 3 heteroatoms. The number of hydrogen-bond donors (Lipinski definition) is 0. The van der Waals surface area contributed by atoms with Crippen molar-refractivity contribution in [1.82, 2.24) is 0 Å². The first-order valence-electron chi connectivity index (χ1n) is 7.00. The second-order valence-corrected chi connectivity index (χ2v) is 5.04. The molecule has 0 unspecified atom stereocenters. The van der Waals surface area contributed by atoms with Crippen LogP contribution in [0.25, 0.3) is 11.0 Å². The zero-order valence-corrected chi connectivity index (χ0v) is 11.7. The van der Waals surface area contributed by atoms with Crippen LogP contribution in [0.5, 0.6) is 0 Å². The summed E-state index contributed by atoms with van der Waals surface area (Å²) in [5, 5.41) is 0.598. The number of furan rings is 1. The number of para-hydroxylation sites is 1. The number of ketones is 1. The molecule has 2 nitrogen and oxygen atoms in total. The van der Waals surface area contributed by atoms with Gasteiger partial charge in [0.1, 0.15) is 0 Å². The van der Waals surface area contributed by atoms with Crippen LogP contribution in [-0.2, 0) is 6.42 Å². The molecule has 0 atom stereocenters. The van der Waals surface area contributed by atoms with Gasteiger partial charge in [0.2, 0.25) is 5.78 Å². The highest BCUT2D eigenvalue weighted by Crippen LogP contribution is 2.24. The molecule has 1 aromatic heterocycles. The second-order valence-electron chi connectivity index (χ2n) is 5.04. The van der Waals surface area contributed by atoms with Gasteiger partial charge >= 0.3 is 0 Å².